The fraction of sp³-hybridized carbons (Fsp3) is 0.562. The molecule has 2 rings (SSSR count). The van der Waals surface area contributed by atoms with Crippen LogP contribution in [0.3, 0.4) is 0 Å². The van der Waals surface area contributed by atoms with Crippen molar-refractivity contribution in [3.63, 3.8) is 0 Å². The van der Waals surface area contributed by atoms with Gasteiger partial charge in [-0.1, -0.05) is 0 Å². The number of nitrogens with zero attached hydrogens (tertiary/aromatic N) is 1. The molecule has 7 nitrogen and oxygen atoms in total. The second-order valence-electron chi connectivity index (χ2n) is 5.83. The largest absolute Gasteiger partial charge is 0.497 e. The van der Waals surface area contributed by atoms with E-state index in [9.17, 15) is 0 Å². The highest BCUT2D eigenvalue weighted by Crippen LogP contribution is 2.23. The lowest BCUT2D eigenvalue weighted by molar-refractivity contribution is -0.917. The summed E-state index contributed by atoms with van der Waals surface area (Å²) in [6.07, 6.45) is 0.954. The average Bonchev–Trinajstić information content (AvgIpc) is 2.56. The van der Waals surface area contributed by atoms with Gasteiger partial charge in [-0.15, -0.1) is 0 Å². The van der Waals surface area contributed by atoms with E-state index < -0.39 is 0 Å². The number of guanidine groups is 1. The van der Waals surface area contributed by atoms with Gasteiger partial charge in [0.25, 0.3) is 0 Å². The molecule has 0 aliphatic carbocycles. The van der Waals surface area contributed by atoms with Crippen molar-refractivity contribution < 1.29 is 20.1 Å². The highest BCUT2D eigenvalue weighted by Gasteiger charge is 2.22. The number of benzene rings is 1. The van der Waals surface area contributed by atoms with Crippen molar-refractivity contribution in [2.45, 2.75) is 13.0 Å². The summed E-state index contributed by atoms with van der Waals surface area (Å²) in [5.74, 6) is 1.95. The average molecular weight is 323 g/mol. The van der Waals surface area contributed by atoms with Crippen molar-refractivity contribution in [2.75, 3.05) is 46.4 Å². The van der Waals surface area contributed by atoms with E-state index >= 15 is 0 Å². The van der Waals surface area contributed by atoms with E-state index in [2.05, 4.69) is 11.8 Å². The lowest BCUT2D eigenvalue weighted by Gasteiger charge is -2.32. The quantitative estimate of drug-likeness (QED) is 0.273. The van der Waals surface area contributed by atoms with E-state index in [4.69, 9.17) is 20.6 Å². The van der Waals surface area contributed by atoms with Gasteiger partial charge in [-0.25, -0.2) is 0 Å². The number of quaternary nitrogens is 2. The number of methoxy groups -OCH3 is 1. The predicted octanol–water partition coefficient (Wildman–Crippen LogP) is -1.70. The minimum absolute atomic E-state index is 0.169. The first-order chi connectivity index (χ1) is 11.1. The fourth-order valence-corrected chi connectivity index (χ4v) is 2.76. The zero-order valence-electron chi connectivity index (χ0n) is 13.9. The molecule has 1 aromatic rings. The molecule has 1 fully saturated rings. The van der Waals surface area contributed by atoms with Crippen LogP contribution in [0.15, 0.2) is 18.2 Å². The van der Waals surface area contributed by atoms with E-state index in [-0.39, 0.29) is 5.96 Å². The maximum atomic E-state index is 7.51. The lowest BCUT2D eigenvalue weighted by atomic mass is 10.1. The monoisotopic (exact) mass is 323 g/mol. The van der Waals surface area contributed by atoms with Gasteiger partial charge < -0.3 is 30.7 Å². The topological polar surface area (TPSA) is 104 Å². The molecule has 0 unspecified atom stereocenters. The molecule has 1 aromatic carbocycles. The van der Waals surface area contributed by atoms with Gasteiger partial charge in [0.05, 0.1) is 52.0 Å². The van der Waals surface area contributed by atoms with Gasteiger partial charge in [-0.3, -0.25) is 5.41 Å². The maximum absolute atomic E-state index is 7.51. The Hall–Kier alpha value is -1.99. The van der Waals surface area contributed by atoms with Gasteiger partial charge in [0.2, 0.25) is 0 Å². The van der Waals surface area contributed by atoms with Crippen LogP contribution in [0.25, 0.3) is 0 Å². The normalized spacial score (nSPS) is 15.5. The third kappa shape index (κ3) is 5.01. The summed E-state index contributed by atoms with van der Waals surface area (Å²) in [5, 5.41) is 7.51. The molecule has 1 aliphatic rings. The van der Waals surface area contributed by atoms with Gasteiger partial charge in [0, 0.05) is 6.42 Å². The first-order valence-electron chi connectivity index (χ1n) is 8.15. The summed E-state index contributed by atoms with van der Waals surface area (Å²) < 4.78 is 11.2. The van der Waals surface area contributed by atoms with E-state index in [0.717, 1.165) is 57.2 Å². The van der Waals surface area contributed by atoms with Crippen LogP contribution in [0, 0.1) is 5.41 Å². The molecule has 0 spiro atoms. The van der Waals surface area contributed by atoms with Crippen LogP contribution in [0.4, 0.5) is 0 Å². The number of ether oxygens (including phenoxy) is 2. The molecule has 7 N–H and O–H groups in total. The summed E-state index contributed by atoms with van der Waals surface area (Å²) in [6, 6.07) is 5.98. The molecule has 0 saturated carbocycles. The molecule has 7 heteroatoms. The molecular weight excluding hydrogens is 294 g/mol. The van der Waals surface area contributed by atoms with Gasteiger partial charge in [-0.05, 0) is 18.2 Å². The number of hydrogen-bond acceptors (Lipinski definition) is 3. The van der Waals surface area contributed by atoms with Gasteiger partial charge in [0.1, 0.15) is 18.0 Å². The molecule has 128 valence electrons. The number of nitrogens with two attached hydrogens (primary N) is 1. The molecule has 1 heterocycles. The third-order valence-electron chi connectivity index (χ3n) is 4.17. The molecule has 0 amide bonds. The minimum Gasteiger partial charge on any atom is -0.497 e. The SMILES string of the molecule is COc1ccc(OCCC[NH3+])c(C[NH+]2CCN(C(=N)N)CC2)c1. The van der Waals surface area contributed by atoms with E-state index in [1.807, 2.05) is 17.0 Å². The van der Waals surface area contributed by atoms with Crippen molar-refractivity contribution in [1.29, 1.82) is 5.41 Å². The Morgan fingerprint density at radius 2 is 2.13 bits per heavy atom. The zero-order chi connectivity index (χ0) is 16.7. The molecule has 0 aromatic heterocycles. The van der Waals surface area contributed by atoms with E-state index in [0.29, 0.717) is 6.61 Å². The smallest absolute Gasteiger partial charge is 0.188 e. The Kier molecular flexibility index (Phi) is 6.49. The van der Waals surface area contributed by atoms with Crippen LogP contribution in [-0.2, 0) is 6.54 Å². The number of piperazine rings is 1. The maximum Gasteiger partial charge on any atom is 0.188 e. The first kappa shape index (κ1) is 17.4. The van der Waals surface area contributed by atoms with E-state index in [1.54, 1.807) is 7.11 Å². The van der Waals surface area contributed by atoms with Crippen molar-refractivity contribution in [2.24, 2.45) is 5.73 Å². The summed E-state index contributed by atoms with van der Waals surface area (Å²) >= 11 is 0. The third-order valence-corrected chi connectivity index (χ3v) is 4.17. The minimum atomic E-state index is 0.169. The Balaban J connectivity index is 2.00. The lowest BCUT2D eigenvalue weighted by Crippen LogP contribution is -3.13. The van der Waals surface area contributed by atoms with Crippen LogP contribution in [-0.4, -0.2) is 57.3 Å². The molecule has 0 bridgehead atoms. The van der Waals surface area contributed by atoms with Crippen LogP contribution in [0.1, 0.15) is 12.0 Å². The van der Waals surface area contributed by atoms with Crippen LogP contribution >= 0.6 is 0 Å². The zero-order valence-corrected chi connectivity index (χ0v) is 13.9. The van der Waals surface area contributed by atoms with Gasteiger partial charge in [-0.2, -0.15) is 0 Å². The van der Waals surface area contributed by atoms with Crippen molar-refractivity contribution in [3.05, 3.63) is 23.8 Å². The van der Waals surface area contributed by atoms with E-state index in [1.165, 1.54) is 10.5 Å². The van der Waals surface area contributed by atoms with Crippen LogP contribution < -0.4 is 25.8 Å². The molecule has 0 atom stereocenters. The second-order valence-corrected chi connectivity index (χ2v) is 5.83. The van der Waals surface area contributed by atoms with Gasteiger partial charge in [0.15, 0.2) is 5.96 Å². The predicted molar refractivity (Wildman–Crippen MR) is 88.7 cm³/mol. The van der Waals surface area contributed by atoms with Crippen molar-refractivity contribution in [3.8, 4) is 11.5 Å². The highest BCUT2D eigenvalue weighted by atomic mass is 16.5. The highest BCUT2D eigenvalue weighted by molar-refractivity contribution is 5.74. The van der Waals surface area contributed by atoms with Gasteiger partial charge >= 0.3 is 0 Å². The van der Waals surface area contributed by atoms with Crippen molar-refractivity contribution in [1.82, 2.24) is 4.90 Å². The number of rotatable bonds is 7. The Morgan fingerprint density at radius 1 is 1.39 bits per heavy atom. The fourth-order valence-electron chi connectivity index (χ4n) is 2.76. The summed E-state index contributed by atoms with van der Waals surface area (Å²) in [5.41, 5.74) is 10.6. The number of nitrogens with one attached hydrogen (secondary N) is 2. The molecule has 1 saturated heterocycles. The summed E-state index contributed by atoms with van der Waals surface area (Å²) in [7, 11) is 1.68. The number of hydrogen-bond donors (Lipinski definition) is 4. The molecule has 23 heavy (non-hydrogen) atoms. The molecular formula is C16H29N5O2+2. The Bertz CT molecular complexity index is 515. The molecule has 0 radical (unpaired) electrons. The first-order valence-corrected chi connectivity index (χ1v) is 8.15. The summed E-state index contributed by atoms with van der Waals surface area (Å²) in [4.78, 5) is 3.39. The standard InChI is InChI=1S/C16H27N5O2/c1-22-14-3-4-15(23-10-2-5-17)13(11-14)12-20-6-8-21(9-7-20)16(18)19/h3-4,11H,2,5-10,12,17H2,1H3,(H3,18,19)/p+2. The van der Waals surface area contributed by atoms with Crippen molar-refractivity contribution >= 4 is 5.96 Å². The van der Waals surface area contributed by atoms with Crippen LogP contribution in [0.2, 0.25) is 0 Å². The Labute approximate surface area is 137 Å². The second kappa shape index (κ2) is 8.59. The van der Waals surface area contributed by atoms with Crippen LogP contribution in [0.5, 0.6) is 11.5 Å². The Morgan fingerprint density at radius 3 is 2.74 bits per heavy atom. The summed E-state index contributed by atoms with van der Waals surface area (Å²) in [6.45, 7) is 6.05. The molecule has 1 aliphatic heterocycles.